The number of carbonyl (C=O) groups excluding carboxylic acids is 1. The van der Waals surface area contributed by atoms with Gasteiger partial charge >= 0.3 is 0 Å². The molecule has 35 heavy (non-hydrogen) atoms. The highest BCUT2D eigenvalue weighted by Gasteiger charge is 2.35. The van der Waals surface area contributed by atoms with Crippen molar-refractivity contribution in [1.29, 1.82) is 0 Å². The molecule has 2 saturated heterocycles. The fourth-order valence-electron chi connectivity index (χ4n) is 5.18. The first-order chi connectivity index (χ1) is 16.9. The molecule has 5 rings (SSSR count). The van der Waals surface area contributed by atoms with Crippen LogP contribution in [-0.4, -0.2) is 75.9 Å². The first-order valence-corrected chi connectivity index (χ1v) is 13.7. The van der Waals surface area contributed by atoms with Gasteiger partial charge in [0.1, 0.15) is 4.90 Å². The molecular formula is C26H32N4O4S. The number of morpholine rings is 1. The molecule has 0 radical (unpaired) electrons. The number of hydrogen-bond donors (Lipinski definition) is 1. The average molecular weight is 497 g/mol. The highest BCUT2D eigenvalue weighted by atomic mass is 32.2. The molecule has 3 aliphatic rings. The number of carbonyl (C=O) groups is 1. The first kappa shape index (κ1) is 24.0. The van der Waals surface area contributed by atoms with Gasteiger partial charge in [-0.1, -0.05) is 42.0 Å². The molecule has 0 bridgehead atoms. The normalized spacial score (nSPS) is 22.8. The molecule has 3 aliphatic heterocycles. The minimum Gasteiger partial charge on any atom is -0.379 e. The van der Waals surface area contributed by atoms with E-state index in [4.69, 9.17) is 4.74 Å². The van der Waals surface area contributed by atoms with Gasteiger partial charge in [0.05, 0.1) is 25.2 Å². The maximum Gasteiger partial charge on any atom is 0.285 e. The van der Waals surface area contributed by atoms with E-state index in [9.17, 15) is 13.2 Å². The highest BCUT2D eigenvalue weighted by Crippen LogP contribution is 2.30. The second kappa shape index (κ2) is 10.1. The van der Waals surface area contributed by atoms with Gasteiger partial charge in [-0.05, 0) is 37.5 Å². The van der Waals surface area contributed by atoms with Crippen LogP contribution in [0.1, 0.15) is 35.6 Å². The maximum absolute atomic E-state index is 13.3. The molecule has 2 aromatic rings. The maximum atomic E-state index is 13.3. The van der Waals surface area contributed by atoms with Crippen LogP contribution in [0.15, 0.2) is 57.8 Å². The Morgan fingerprint density at radius 1 is 1.11 bits per heavy atom. The first-order valence-electron chi connectivity index (χ1n) is 12.3. The smallest absolute Gasteiger partial charge is 0.285 e. The van der Waals surface area contributed by atoms with E-state index in [-0.39, 0.29) is 22.8 Å². The molecule has 1 amide bonds. The molecule has 0 aromatic heterocycles. The minimum absolute atomic E-state index is 0.00908. The summed E-state index contributed by atoms with van der Waals surface area (Å²) >= 11 is 0. The molecular weight excluding hydrogens is 464 g/mol. The number of nitrogens with one attached hydrogen (secondary N) is 1. The van der Waals surface area contributed by atoms with Crippen LogP contribution in [0.2, 0.25) is 0 Å². The number of ether oxygens (including phenoxy) is 1. The summed E-state index contributed by atoms with van der Waals surface area (Å²) in [6.07, 6.45) is 1.58. The van der Waals surface area contributed by atoms with Gasteiger partial charge in [-0.25, -0.2) is 0 Å². The van der Waals surface area contributed by atoms with Crippen molar-refractivity contribution in [2.45, 2.75) is 30.7 Å². The van der Waals surface area contributed by atoms with Gasteiger partial charge < -0.3 is 15.0 Å². The van der Waals surface area contributed by atoms with Crippen LogP contribution in [0, 0.1) is 12.8 Å². The van der Waals surface area contributed by atoms with E-state index in [1.54, 1.807) is 18.2 Å². The Morgan fingerprint density at radius 3 is 2.63 bits per heavy atom. The van der Waals surface area contributed by atoms with Gasteiger partial charge in [-0.3, -0.25) is 9.69 Å². The van der Waals surface area contributed by atoms with E-state index in [1.807, 2.05) is 11.0 Å². The van der Waals surface area contributed by atoms with Gasteiger partial charge in [0.25, 0.3) is 10.0 Å². The third kappa shape index (κ3) is 5.12. The van der Waals surface area contributed by atoms with E-state index in [2.05, 4.69) is 45.8 Å². The molecule has 2 unspecified atom stereocenters. The van der Waals surface area contributed by atoms with E-state index in [0.717, 1.165) is 25.9 Å². The largest absolute Gasteiger partial charge is 0.379 e. The van der Waals surface area contributed by atoms with Gasteiger partial charge in [-0.15, -0.1) is 4.40 Å². The molecule has 8 nitrogen and oxygen atoms in total. The number of benzene rings is 2. The van der Waals surface area contributed by atoms with Crippen LogP contribution >= 0.6 is 0 Å². The Hall–Kier alpha value is -2.75. The molecule has 0 spiro atoms. The quantitative estimate of drug-likeness (QED) is 0.683. The summed E-state index contributed by atoms with van der Waals surface area (Å²) in [5.74, 6) is 0.254. The number of likely N-dealkylation sites (tertiary alicyclic amines) is 1. The Balaban J connectivity index is 1.27. The number of piperidine rings is 1. The van der Waals surface area contributed by atoms with E-state index in [1.165, 1.54) is 11.1 Å². The lowest BCUT2D eigenvalue weighted by Crippen LogP contribution is -2.48. The molecule has 0 aliphatic carbocycles. The zero-order valence-electron chi connectivity index (χ0n) is 20.0. The number of aryl methyl sites for hydroxylation is 1. The Morgan fingerprint density at radius 2 is 1.86 bits per heavy atom. The molecule has 2 atom stereocenters. The van der Waals surface area contributed by atoms with Gasteiger partial charge in [0.15, 0.2) is 5.84 Å². The summed E-state index contributed by atoms with van der Waals surface area (Å²) < 4.78 is 34.6. The Bertz CT molecular complexity index is 1210. The molecule has 2 fully saturated rings. The zero-order valence-corrected chi connectivity index (χ0v) is 20.8. The van der Waals surface area contributed by atoms with Crippen molar-refractivity contribution in [3.05, 3.63) is 65.2 Å². The number of amides is 1. The summed E-state index contributed by atoms with van der Waals surface area (Å²) in [5, 5.41) is 3.20. The number of sulfonamides is 1. The average Bonchev–Trinajstić information content (AvgIpc) is 3.17. The predicted octanol–water partition coefficient (Wildman–Crippen LogP) is 2.35. The van der Waals surface area contributed by atoms with Crippen LogP contribution in [0.3, 0.4) is 0 Å². The van der Waals surface area contributed by atoms with Crippen molar-refractivity contribution in [2.75, 3.05) is 45.9 Å². The number of rotatable bonds is 5. The third-order valence-electron chi connectivity index (χ3n) is 7.12. The lowest BCUT2D eigenvalue weighted by Gasteiger charge is -2.36. The SMILES string of the molecule is Cc1ccc(C(CNC(=O)C2CCCN(C3=NS(=O)(=O)c4ccccc43)C2)N2CCOCC2)cc1. The summed E-state index contributed by atoms with van der Waals surface area (Å²) in [6.45, 7) is 6.80. The summed E-state index contributed by atoms with van der Waals surface area (Å²) in [6, 6.07) is 15.5. The lowest BCUT2D eigenvalue weighted by atomic mass is 9.96. The van der Waals surface area contributed by atoms with Crippen molar-refractivity contribution >= 4 is 21.8 Å². The topological polar surface area (TPSA) is 91.3 Å². The number of fused-ring (bicyclic) bond motifs is 1. The molecule has 9 heteroatoms. The van der Waals surface area contributed by atoms with Gasteiger partial charge in [0, 0.05) is 38.3 Å². The van der Waals surface area contributed by atoms with Crippen LogP contribution in [0.4, 0.5) is 0 Å². The second-order valence-electron chi connectivity index (χ2n) is 9.49. The summed E-state index contributed by atoms with van der Waals surface area (Å²) in [7, 11) is -3.68. The van der Waals surface area contributed by atoms with Crippen LogP contribution < -0.4 is 5.32 Å². The van der Waals surface area contributed by atoms with Crippen LogP contribution in [0.25, 0.3) is 0 Å². The molecule has 3 heterocycles. The molecule has 186 valence electrons. The van der Waals surface area contributed by atoms with Gasteiger partial charge in [0.2, 0.25) is 5.91 Å². The van der Waals surface area contributed by atoms with E-state index >= 15 is 0 Å². The lowest BCUT2D eigenvalue weighted by molar-refractivity contribution is -0.126. The molecule has 2 aromatic carbocycles. The molecule has 1 N–H and O–H groups in total. The minimum atomic E-state index is -3.68. The number of nitrogens with zero attached hydrogens (tertiary/aromatic N) is 3. The number of amidine groups is 1. The fraction of sp³-hybridized carbons (Fsp3) is 0.462. The monoisotopic (exact) mass is 496 g/mol. The zero-order chi connectivity index (χ0) is 24.4. The van der Waals surface area contributed by atoms with Crippen molar-refractivity contribution in [2.24, 2.45) is 10.3 Å². The van der Waals surface area contributed by atoms with Crippen molar-refractivity contribution in [1.82, 2.24) is 15.1 Å². The standard InChI is InChI=1S/C26H32N4O4S/c1-19-8-10-20(11-9-19)23(29-13-15-34-16-14-29)17-27-26(31)21-5-4-12-30(18-21)25-22-6-2-3-7-24(22)35(32,33)28-25/h2-3,6-11,21,23H,4-5,12-18H2,1H3,(H,27,31). The van der Waals surface area contributed by atoms with E-state index in [0.29, 0.717) is 44.2 Å². The van der Waals surface area contributed by atoms with Crippen molar-refractivity contribution < 1.29 is 17.9 Å². The van der Waals surface area contributed by atoms with E-state index < -0.39 is 10.0 Å². The molecule has 0 saturated carbocycles. The van der Waals surface area contributed by atoms with Crippen molar-refractivity contribution in [3.63, 3.8) is 0 Å². The van der Waals surface area contributed by atoms with Crippen LogP contribution in [0.5, 0.6) is 0 Å². The third-order valence-corrected chi connectivity index (χ3v) is 8.45. The van der Waals surface area contributed by atoms with Gasteiger partial charge in [-0.2, -0.15) is 8.42 Å². The van der Waals surface area contributed by atoms with Crippen molar-refractivity contribution in [3.8, 4) is 0 Å². The second-order valence-corrected chi connectivity index (χ2v) is 11.1. The number of hydrogen-bond acceptors (Lipinski definition) is 6. The summed E-state index contributed by atoms with van der Waals surface area (Å²) in [5.41, 5.74) is 3.02. The van der Waals surface area contributed by atoms with Crippen LogP contribution in [-0.2, 0) is 19.6 Å². The predicted molar refractivity (Wildman–Crippen MR) is 134 cm³/mol. The summed E-state index contributed by atoms with van der Waals surface area (Å²) in [4.78, 5) is 17.8. The Kier molecular flexibility index (Phi) is 6.91. The highest BCUT2D eigenvalue weighted by molar-refractivity contribution is 7.90. The fourth-order valence-corrected chi connectivity index (χ4v) is 6.40. The Labute approximate surface area is 207 Å².